The molecule has 0 amide bonds. The summed E-state index contributed by atoms with van der Waals surface area (Å²) in [6.45, 7) is 4.59. The molecule has 222 valence electrons. The fourth-order valence-electron chi connectivity index (χ4n) is 5.58. The highest BCUT2D eigenvalue weighted by Crippen LogP contribution is 2.16. The van der Waals surface area contributed by atoms with E-state index in [1.165, 1.54) is 199 Å². The third-order valence-corrected chi connectivity index (χ3v) is 8.27. The first-order valence-corrected chi connectivity index (χ1v) is 17.7. The molecule has 0 saturated carbocycles. The highest BCUT2D eigenvalue weighted by Gasteiger charge is 2.02. The van der Waals surface area contributed by atoms with E-state index in [0.29, 0.717) is 6.04 Å². The first-order chi connectivity index (χ1) is 18.3. The van der Waals surface area contributed by atoms with Crippen LogP contribution in [-0.4, -0.2) is 6.04 Å². The summed E-state index contributed by atoms with van der Waals surface area (Å²) < 4.78 is 0. The van der Waals surface area contributed by atoms with Crippen molar-refractivity contribution < 1.29 is 0 Å². The Labute approximate surface area is 236 Å². The summed E-state index contributed by atoms with van der Waals surface area (Å²) in [6, 6.07) is 0.455. The lowest BCUT2D eigenvalue weighted by Gasteiger charge is -2.11. The molecule has 0 fully saturated rings. The van der Waals surface area contributed by atoms with Gasteiger partial charge in [-0.3, -0.25) is 0 Å². The van der Waals surface area contributed by atoms with E-state index < -0.39 is 0 Å². The Kier molecular flexibility index (Phi) is 33.5. The van der Waals surface area contributed by atoms with E-state index in [2.05, 4.69) is 26.0 Å². The predicted molar refractivity (Wildman–Crippen MR) is 172 cm³/mol. The standard InChI is InChI=1S/C36H73N/c1-3-5-7-9-11-13-15-17-19-21-23-25-27-29-31-33-35-36(37)34-32-30-28-26-24-22-20-18-16-14-12-10-8-6-4-2/h18,20,36H,3-17,19,21-35,37H2,1-2H3. The summed E-state index contributed by atoms with van der Waals surface area (Å²) in [5.41, 5.74) is 6.38. The molecule has 1 atom stereocenters. The number of hydrogen-bond acceptors (Lipinski definition) is 1. The number of hydrogen-bond donors (Lipinski definition) is 1. The van der Waals surface area contributed by atoms with Crippen molar-refractivity contribution in [3.63, 3.8) is 0 Å². The van der Waals surface area contributed by atoms with Gasteiger partial charge >= 0.3 is 0 Å². The van der Waals surface area contributed by atoms with Crippen molar-refractivity contribution in [2.45, 2.75) is 219 Å². The van der Waals surface area contributed by atoms with Gasteiger partial charge in [-0.15, -0.1) is 0 Å². The number of allylic oxidation sites excluding steroid dienone is 2. The molecule has 0 spiro atoms. The van der Waals surface area contributed by atoms with Crippen LogP contribution in [0.25, 0.3) is 0 Å². The van der Waals surface area contributed by atoms with Gasteiger partial charge in [0.2, 0.25) is 0 Å². The van der Waals surface area contributed by atoms with Crippen LogP contribution in [0.1, 0.15) is 213 Å². The molecule has 0 aliphatic heterocycles. The largest absolute Gasteiger partial charge is 0.328 e. The van der Waals surface area contributed by atoms with Crippen molar-refractivity contribution in [1.29, 1.82) is 0 Å². The summed E-state index contributed by atoms with van der Waals surface area (Å²) in [5, 5.41) is 0. The van der Waals surface area contributed by atoms with Gasteiger partial charge in [-0.2, -0.15) is 0 Å². The highest BCUT2D eigenvalue weighted by molar-refractivity contribution is 4.81. The molecule has 2 N–H and O–H groups in total. The summed E-state index contributed by atoms with van der Waals surface area (Å²) in [7, 11) is 0. The minimum atomic E-state index is 0.455. The van der Waals surface area contributed by atoms with E-state index >= 15 is 0 Å². The van der Waals surface area contributed by atoms with Gasteiger partial charge in [-0.05, 0) is 38.5 Å². The monoisotopic (exact) mass is 520 g/mol. The molecule has 1 heteroatoms. The maximum Gasteiger partial charge on any atom is 0.00388 e. The third kappa shape index (κ3) is 33.7. The molecule has 1 nitrogen and oxygen atoms in total. The molecule has 0 saturated heterocycles. The van der Waals surface area contributed by atoms with Crippen molar-refractivity contribution in [3.8, 4) is 0 Å². The predicted octanol–water partition coefficient (Wildman–Crippen LogP) is 13.0. The molecule has 0 aliphatic rings. The molecule has 0 aromatic heterocycles. The van der Waals surface area contributed by atoms with Crippen molar-refractivity contribution in [2.24, 2.45) is 5.73 Å². The number of rotatable bonds is 32. The Morgan fingerprint density at radius 3 is 0.892 bits per heavy atom. The topological polar surface area (TPSA) is 26.0 Å². The molecule has 1 unspecified atom stereocenters. The second-order valence-corrected chi connectivity index (χ2v) is 12.2. The number of unbranched alkanes of at least 4 members (excludes halogenated alkanes) is 26. The van der Waals surface area contributed by atoms with Crippen LogP contribution >= 0.6 is 0 Å². The maximum absolute atomic E-state index is 6.38. The second kappa shape index (κ2) is 33.7. The zero-order chi connectivity index (χ0) is 26.9. The summed E-state index contributed by atoms with van der Waals surface area (Å²) in [6.07, 6.45) is 48.4. The Morgan fingerprint density at radius 1 is 0.351 bits per heavy atom. The lowest BCUT2D eigenvalue weighted by molar-refractivity contribution is 0.481. The van der Waals surface area contributed by atoms with Crippen LogP contribution in [0.15, 0.2) is 12.2 Å². The van der Waals surface area contributed by atoms with Gasteiger partial charge in [0, 0.05) is 6.04 Å². The molecule has 0 rings (SSSR count). The Morgan fingerprint density at radius 2 is 0.595 bits per heavy atom. The molecule has 0 aromatic carbocycles. The Hall–Kier alpha value is -0.300. The Balaban J connectivity index is 3.18. The Bertz CT molecular complexity index is 415. The highest BCUT2D eigenvalue weighted by atomic mass is 14.6. The smallest absolute Gasteiger partial charge is 0.00388 e. The van der Waals surface area contributed by atoms with Crippen LogP contribution in [0.5, 0.6) is 0 Å². The normalized spacial score (nSPS) is 12.6. The first kappa shape index (κ1) is 36.7. The van der Waals surface area contributed by atoms with E-state index in [0.717, 1.165) is 0 Å². The average Bonchev–Trinajstić information content (AvgIpc) is 2.90. The molecular formula is C36H73N. The second-order valence-electron chi connectivity index (χ2n) is 12.2. The fraction of sp³-hybridized carbons (Fsp3) is 0.944. The van der Waals surface area contributed by atoms with Crippen molar-refractivity contribution in [1.82, 2.24) is 0 Å². The third-order valence-electron chi connectivity index (χ3n) is 8.27. The van der Waals surface area contributed by atoms with Gasteiger partial charge in [0.15, 0.2) is 0 Å². The van der Waals surface area contributed by atoms with E-state index in [1.807, 2.05) is 0 Å². The zero-order valence-electron chi connectivity index (χ0n) is 26.2. The van der Waals surface area contributed by atoms with Crippen LogP contribution in [0.4, 0.5) is 0 Å². The minimum absolute atomic E-state index is 0.455. The van der Waals surface area contributed by atoms with Crippen LogP contribution in [-0.2, 0) is 0 Å². The van der Waals surface area contributed by atoms with Gasteiger partial charge in [0.25, 0.3) is 0 Å². The van der Waals surface area contributed by atoms with Crippen LogP contribution < -0.4 is 5.73 Å². The minimum Gasteiger partial charge on any atom is -0.328 e. The first-order valence-electron chi connectivity index (χ1n) is 17.7. The molecule has 0 aliphatic carbocycles. The zero-order valence-corrected chi connectivity index (χ0v) is 26.2. The van der Waals surface area contributed by atoms with E-state index in [1.54, 1.807) is 0 Å². The summed E-state index contributed by atoms with van der Waals surface area (Å²) >= 11 is 0. The molecule has 37 heavy (non-hydrogen) atoms. The van der Waals surface area contributed by atoms with Crippen molar-refractivity contribution >= 4 is 0 Å². The average molecular weight is 520 g/mol. The van der Waals surface area contributed by atoms with Crippen LogP contribution in [0.2, 0.25) is 0 Å². The van der Waals surface area contributed by atoms with Crippen molar-refractivity contribution in [2.75, 3.05) is 0 Å². The van der Waals surface area contributed by atoms with E-state index in [9.17, 15) is 0 Å². The van der Waals surface area contributed by atoms with Gasteiger partial charge < -0.3 is 5.73 Å². The molecule has 0 aromatic rings. The van der Waals surface area contributed by atoms with Gasteiger partial charge in [0.1, 0.15) is 0 Å². The van der Waals surface area contributed by atoms with Gasteiger partial charge in [-0.25, -0.2) is 0 Å². The fourth-order valence-corrected chi connectivity index (χ4v) is 5.58. The summed E-state index contributed by atoms with van der Waals surface area (Å²) in [4.78, 5) is 0. The van der Waals surface area contributed by atoms with Gasteiger partial charge in [0.05, 0.1) is 0 Å². The lowest BCUT2D eigenvalue weighted by atomic mass is 10.0. The van der Waals surface area contributed by atoms with E-state index in [-0.39, 0.29) is 0 Å². The lowest BCUT2D eigenvalue weighted by Crippen LogP contribution is -2.19. The quantitative estimate of drug-likeness (QED) is 0.0693. The molecule has 0 bridgehead atoms. The number of nitrogens with two attached hydrogens (primary N) is 1. The summed E-state index contributed by atoms with van der Waals surface area (Å²) in [5.74, 6) is 0. The maximum atomic E-state index is 6.38. The van der Waals surface area contributed by atoms with Gasteiger partial charge in [-0.1, -0.05) is 187 Å². The molecule has 0 radical (unpaired) electrons. The van der Waals surface area contributed by atoms with Crippen LogP contribution in [0.3, 0.4) is 0 Å². The van der Waals surface area contributed by atoms with Crippen LogP contribution in [0, 0.1) is 0 Å². The SMILES string of the molecule is CCCCCCCCC=CCCCCCCCC(N)CCCCCCCCCCCCCCCCCC. The molecule has 0 heterocycles. The van der Waals surface area contributed by atoms with E-state index in [4.69, 9.17) is 5.73 Å². The van der Waals surface area contributed by atoms with Crippen molar-refractivity contribution in [3.05, 3.63) is 12.2 Å². The molecular weight excluding hydrogens is 446 g/mol.